The van der Waals surface area contributed by atoms with Crippen LogP contribution in [0.25, 0.3) is 0 Å². The van der Waals surface area contributed by atoms with E-state index in [4.69, 9.17) is 4.74 Å². The average Bonchev–Trinajstić information content (AvgIpc) is 2.56. The van der Waals surface area contributed by atoms with Gasteiger partial charge in [-0.05, 0) is 67.5 Å². The van der Waals surface area contributed by atoms with E-state index in [0.717, 1.165) is 25.0 Å². The van der Waals surface area contributed by atoms with Gasteiger partial charge in [0.2, 0.25) is 0 Å². The Morgan fingerprint density at radius 2 is 2.00 bits per heavy atom. The second-order valence-corrected chi connectivity index (χ2v) is 6.25. The van der Waals surface area contributed by atoms with Crippen LogP contribution in [0.15, 0.2) is 42.5 Å². The Labute approximate surface area is 137 Å². The number of ether oxygens (including phenoxy) is 1. The normalized spacial score (nSPS) is 16.5. The molecule has 120 valence electrons. The van der Waals surface area contributed by atoms with Crippen LogP contribution in [0.1, 0.15) is 41.1 Å². The van der Waals surface area contributed by atoms with Crippen LogP contribution in [-0.2, 0) is 11.2 Å². The molecule has 0 saturated carbocycles. The number of fused-ring (bicyclic) bond motifs is 1. The van der Waals surface area contributed by atoms with Crippen LogP contribution < -0.4 is 10.1 Å². The maximum absolute atomic E-state index is 12.2. The van der Waals surface area contributed by atoms with E-state index in [1.165, 1.54) is 22.3 Å². The van der Waals surface area contributed by atoms with E-state index in [1.54, 1.807) is 0 Å². The van der Waals surface area contributed by atoms with Gasteiger partial charge in [0.25, 0.3) is 5.91 Å². The molecular weight excluding hydrogens is 286 g/mol. The lowest BCUT2D eigenvalue weighted by Crippen LogP contribution is -2.34. The third kappa shape index (κ3) is 3.73. The largest absolute Gasteiger partial charge is 0.484 e. The van der Waals surface area contributed by atoms with Gasteiger partial charge in [-0.1, -0.05) is 30.3 Å². The summed E-state index contributed by atoms with van der Waals surface area (Å²) in [6.07, 6.45) is 3.20. The smallest absolute Gasteiger partial charge is 0.258 e. The van der Waals surface area contributed by atoms with Gasteiger partial charge in [-0.3, -0.25) is 4.79 Å². The Morgan fingerprint density at radius 3 is 2.83 bits per heavy atom. The standard InChI is InChI=1S/C20H23NO2/c1-14-10-11-17(12-15(14)2)23-13-20(22)21-19-9-5-7-16-6-3-4-8-18(16)19/h3-4,6,8,10-12,19H,5,7,9,13H2,1-2H3,(H,21,22)/t19-/m1/s1. The molecule has 0 spiro atoms. The third-order valence-corrected chi connectivity index (χ3v) is 4.55. The number of nitrogens with one attached hydrogen (secondary N) is 1. The van der Waals surface area contributed by atoms with Gasteiger partial charge in [0.05, 0.1) is 6.04 Å². The molecular formula is C20H23NO2. The summed E-state index contributed by atoms with van der Waals surface area (Å²) in [5, 5.41) is 3.11. The van der Waals surface area contributed by atoms with Crippen molar-refractivity contribution in [2.75, 3.05) is 6.61 Å². The molecule has 0 unspecified atom stereocenters. The highest BCUT2D eigenvalue weighted by Gasteiger charge is 2.21. The first-order valence-corrected chi connectivity index (χ1v) is 8.21. The topological polar surface area (TPSA) is 38.3 Å². The van der Waals surface area contributed by atoms with Gasteiger partial charge in [0, 0.05) is 0 Å². The van der Waals surface area contributed by atoms with Crippen LogP contribution >= 0.6 is 0 Å². The van der Waals surface area contributed by atoms with Crippen molar-refractivity contribution >= 4 is 5.91 Å². The first-order valence-electron chi connectivity index (χ1n) is 8.21. The van der Waals surface area contributed by atoms with Gasteiger partial charge in [-0.15, -0.1) is 0 Å². The molecule has 3 rings (SSSR count). The van der Waals surface area contributed by atoms with E-state index >= 15 is 0 Å². The van der Waals surface area contributed by atoms with Gasteiger partial charge in [-0.25, -0.2) is 0 Å². The van der Waals surface area contributed by atoms with E-state index in [1.807, 2.05) is 31.2 Å². The average molecular weight is 309 g/mol. The van der Waals surface area contributed by atoms with Crippen LogP contribution in [0.2, 0.25) is 0 Å². The zero-order valence-electron chi connectivity index (χ0n) is 13.8. The van der Waals surface area contributed by atoms with Gasteiger partial charge in [0.1, 0.15) is 5.75 Å². The lowest BCUT2D eigenvalue weighted by atomic mass is 9.88. The molecule has 0 heterocycles. The molecule has 1 atom stereocenters. The Kier molecular flexibility index (Phi) is 4.65. The number of rotatable bonds is 4. The number of carbonyl (C=O) groups excluding carboxylic acids is 1. The van der Waals surface area contributed by atoms with Crippen molar-refractivity contribution in [3.8, 4) is 5.75 Å². The molecule has 1 aliphatic carbocycles. The van der Waals surface area contributed by atoms with E-state index < -0.39 is 0 Å². The molecule has 0 radical (unpaired) electrons. The van der Waals surface area contributed by atoms with Crippen molar-refractivity contribution in [3.63, 3.8) is 0 Å². The van der Waals surface area contributed by atoms with E-state index in [0.29, 0.717) is 0 Å². The highest BCUT2D eigenvalue weighted by molar-refractivity contribution is 5.78. The van der Waals surface area contributed by atoms with Crippen molar-refractivity contribution in [3.05, 3.63) is 64.7 Å². The zero-order chi connectivity index (χ0) is 16.2. The Morgan fingerprint density at radius 1 is 1.17 bits per heavy atom. The van der Waals surface area contributed by atoms with E-state index in [9.17, 15) is 4.79 Å². The molecule has 23 heavy (non-hydrogen) atoms. The highest BCUT2D eigenvalue weighted by atomic mass is 16.5. The number of hydrogen-bond acceptors (Lipinski definition) is 2. The molecule has 2 aromatic carbocycles. The van der Waals surface area contributed by atoms with Gasteiger partial charge >= 0.3 is 0 Å². The van der Waals surface area contributed by atoms with Crippen molar-refractivity contribution in [1.82, 2.24) is 5.32 Å². The molecule has 0 saturated heterocycles. The molecule has 1 amide bonds. The summed E-state index contributed by atoms with van der Waals surface area (Å²) in [6, 6.07) is 14.4. The first-order chi connectivity index (χ1) is 11.1. The van der Waals surface area contributed by atoms with Gasteiger partial charge in [0.15, 0.2) is 6.61 Å². The van der Waals surface area contributed by atoms with Crippen LogP contribution in [0, 0.1) is 13.8 Å². The summed E-state index contributed by atoms with van der Waals surface area (Å²) >= 11 is 0. The fraction of sp³-hybridized carbons (Fsp3) is 0.350. The maximum Gasteiger partial charge on any atom is 0.258 e. The molecule has 1 N–H and O–H groups in total. The van der Waals surface area contributed by atoms with Gasteiger partial charge in [-0.2, -0.15) is 0 Å². The molecule has 1 aliphatic rings. The SMILES string of the molecule is Cc1ccc(OCC(=O)N[C@@H]2CCCc3ccccc32)cc1C. The monoisotopic (exact) mass is 309 g/mol. The van der Waals surface area contributed by atoms with Crippen LogP contribution in [0.4, 0.5) is 0 Å². The zero-order valence-corrected chi connectivity index (χ0v) is 13.8. The Hall–Kier alpha value is -2.29. The number of hydrogen-bond donors (Lipinski definition) is 1. The van der Waals surface area contributed by atoms with Gasteiger partial charge < -0.3 is 10.1 Å². The number of carbonyl (C=O) groups is 1. The van der Waals surface area contributed by atoms with Crippen LogP contribution in [0.5, 0.6) is 5.75 Å². The fourth-order valence-corrected chi connectivity index (χ4v) is 3.09. The highest BCUT2D eigenvalue weighted by Crippen LogP contribution is 2.29. The second-order valence-electron chi connectivity index (χ2n) is 6.25. The fourth-order valence-electron chi connectivity index (χ4n) is 3.09. The lowest BCUT2D eigenvalue weighted by molar-refractivity contribution is -0.123. The third-order valence-electron chi connectivity index (χ3n) is 4.55. The number of benzene rings is 2. The summed E-state index contributed by atoms with van der Waals surface area (Å²) in [5.41, 5.74) is 4.99. The van der Waals surface area contributed by atoms with Crippen molar-refractivity contribution in [2.45, 2.75) is 39.2 Å². The molecule has 0 fully saturated rings. The van der Waals surface area contributed by atoms with Crippen LogP contribution in [-0.4, -0.2) is 12.5 Å². The molecule has 0 bridgehead atoms. The minimum absolute atomic E-state index is 0.0567. The van der Waals surface area contributed by atoms with Crippen molar-refractivity contribution < 1.29 is 9.53 Å². The predicted molar refractivity (Wildman–Crippen MR) is 91.7 cm³/mol. The summed E-state index contributed by atoms with van der Waals surface area (Å²) in [6.45, 7) is 4.16. The molecule has 0 aliphatic heterocycles. The molecule has 0 aromatic heterocycles. The van der Waals surface area contributed by atoms with E-state index in [-0.39, 0.29) is 18.6 Å². The summed E-state index contributed by atoms with van der Waals surface area (Å²) in [5.74, 6) is 0.678. The Bertz CT molecular complexity index is 709. The maximum atomic E-state index is 12.2. The number of amides is 1. The quantitative estimate of drug-likeness (QED) is 0.931. The number of aryl methyl sites for hydroxylation is 3. The summed E-state index contributed by atoms with van der Waals surface area (Å²) in [7, 11) is 0. The molecule has 2 aromatic rings. The second kappa shape index (κ2) is 6.86. The minimum Gasteiger partial charge on any atom is -0.484 e. The molecule has 3 heteroatoms. The minimum atomic E-state index is -0.0649. The predicted octanol–water partition coefficient (Wildman–Crippen LogP) is 3.88. The summed E-state index contributed by atoms with van der Waals surface area (Å²) in [4.78, 5) is 12.2. The lowest BCUT2D eigenvalue weighted by Gasteiger charge is -2.26. The van der Waals surface area contributed by atoms with E-state index in [2.05, 4.69) is 30.4 Å². The van der Waals surface area contributed by atoms with Crippen molar-refractivity contribution in [1.29, 1.82) is 0 Å². The molecule has 3 nitrogen and oxygen atoms in total. The summed E-state index contributed by atoms with van der Waals surface area (Å²) < 4.78 is 5.62. The first kappa shape index (κ1) is 15.6. The Balaban J connectivity index is 1.59. The van der Waals surface area contributed by atoms with Crippen LogP contribution in [0.3, 0.4) is 0 Å². The van der Waals surface area contributed by atoms with Crippen molar-refractivity contribution in [2.24, 2.45) is 0 Å².